The van der Waals surface area contributed by atoms with Crippen LogP contribution in [0.15, 0.2) is 72.3 Å². The van der Waals surface area contributed by atoms with E-state index in [-0.39, 0.29) is 0 Å². The number of hydrogen-bond acceptors (Lipinski definition) is 0. The molecule has 116 valence electrons. The predicted octanol–water partition coefficient (Wildman–Crippen LogP) is 6.89. The molecule has 0 unspecified atom stereocenters. The molecule has 22 heavy (non-hydrogen) atoms. The second-order valence-electron chi connectivity index (χ2n) is 5.76. The second-order valence-corrected chi connectivity index (χ2v) is 5.76. The van der Waals surface area contributed by atoms with Crippen molar-refractivity contribution in [2.24, 2.45) is 0 Å². The van der Waals surface area contributed by atoms with E-state index in [1.165, 1.54) is 33.4 Å². The summed E-state index contributed by atoms with van der Waals surface area (Å²) in [6.07, 6.45) is 3.04. The summed E-state index contributed by atoms with van der Waals surface area (Å²) >= 11 is 0. The summed E-state index contributed by atoms with van der Waals surface area (Å²) in [6, 6.07) is 17.1. The van der Waals surface area contributed by atoms with Gasteiger partial charge in [-0.1, -0.05) is 90.4 Å². The van der Waals surface area contributed by atoms with Crippen LogP contribution in [0.2, 0.25) is 0 Å². The van der Waals surface area contributed by atoms with Crippen molar-refractivity contribution in [3.05, 3.63) is 83.5 Å². The maximum Gasteiger partial charge on any atom is -0.0179 e. The highest BCUT2D eigenvalue weighted by Gasteiger charge is 1.97. The zero-order valence-corrected chi connectivity index (χ0v) is 14.6. The molecule has 2 aromatic rings. The molecule has 0 nitrogen and oxygen atoms in total. The van der Waals surface area contributed by atoms with E-state index in [1.54, 1.807) is 0 Å². The van der Waals surface area contributed by atoms with Gasteiger partial charge in [-0.25, -0.2) is 0 Å². The maximum absolute atomic E-state index is 3.67. The zero-order valence-electron chi connectivity index (χ0n) is 14.6. The Morgan fingerprint density at radius 1 is 0.909 bits per heavy atom. The average Bonchev–Trinajstić information content (AvgIpc) is 2.54. The van der Waals surface area contributed by atoms with Crippen LogP contribution in [0.4, 0.5) is 0 Å². The van der Waals surface area contributed by atoms with E-state index in [2.05, 4.69) is 83.7 Å². The molecule has 0 bridgehead atoms. The Balaban J connectivity index is 0.000000261. The summed E-state index contributed by atoms with van der Waals surface area (Å²) in [5.74, 6) is 0. The molecule has 0 aliphatic heterocycles. The second kappa shape index (κ2) is 9.04. The first-order valence-electron chi connectivity index (χ1n) is 7.90. The van der Waals surface area contributed by atoms with Gasteiger partial charge in [-0.3, -0.25) is 0 Å². The van der Waals surface area contributed by atoms with Crippen molar-refractivity contribution < 1.29 is 0 Å². The minimum atomic E-state index is 1.14. The third kappa shape index (κ3) is 5.73. The zero-order chi connectivity index (χ0) is 16.5. The van der Waals surface area contributed by atoms with Crippen molar-refractivity contribution in [2.75, 3.05) is 0 Å². The molecule has 0 radical (unpaired) electrons. The summed E-state index contributed by atoms with van der Waals surface area (Å²) < 4.78 is 0. The lowest BCUT2D eigenvalue weighted by atomic mass is 10.0. The van der Waals surface area contributed by atoms with Crippen LogP contribution in [0.5, 0.6) is 0 Å². The molecule has 0 fully saturated rings. The van der Waals surface area contributed by atoms with E-state index in [0.29, 0.717) is 0 Å². The van der Waals surface area contributed by atoms with Gasteiger partial charge in [0.2, 0.25) is 0 Å². The van der Waals surface area contributed by atoms with Gasteiger partial charge in [-0.2, -0.15) is 0 Å². The highest BCUT2D eigenvalue weighted by molar-refractivity contribution is 5.64. The van der Waals surface area contributed by atoms with Crippen LogP contribution in [0.25, 0.3) is 11.1 Å². The Morgan fingerprint density at radius 2 is 1.45 bits per heavy atom. The van der Waals surface area contributed by atoms with Gasteiger partial charge in [0.05, 0.1) is 0 Å². The molecule has 0 N–H and O–H groups in total. The molecule has 0 heteroatoms. The minimum Gasteiger partial charge on any atom is -0.0988 e. The quantitative estimate of drug-likeness (QED) is 0.540. The van der Waals surface area contributed by atoms with Gasteiger partial charge in [-0.05, 0) is 45.2 Å². The molecule has 0 aromatic heterocycles. The summed E-state index contributed by atoms with van der Waals surface area (Å²) in [4.78, 5) is 0. The first-order valence-corrected chi connectivity index (χ1v) is 7.90. The molecule has 0 amide bonds. The van der Waals surface area contributed by atoms with Gasteiger partial charge in [0.25, 0.3) is 0 Å². The first kappa shape index (κ1) is 18.0. The van der Waals surface area contributed by atoms with Crippen LogP contribution in [0, 0.1) is 13.8 Å². The number of aryl methyl sites for hydroxylation is 2. The van der Waals surface area contributed by atoms with E-state index < -0.39 is 0 Å². The number of benzene rings is 2. The number of hydrogen-bond donors (Lipinski definition) is 0. The van der Waals surface area contributed by atoms with Gasteiger partial charge in [0.15, 0.2) is 0 Å². The van der Waals surface area contributed by atoms with Gasteiger partial charge in [0.1, 0.15) is 0 Å². The van der Waals surface area contributed by atoms with Crippen molar-refractivity contribution in [3.63, 3.8) is 0 Å². The fraction of sp³-hybridized carbons (Fsp3) is 0.273. The highest BCUT2D eigenvalue weighted by Crippen LogP contribution is 2.21. The van der Waals surface area contributed by atoms with Crippen molar-refractivity contribution in [1.82, 2.24) is 0 Å². The highest BCUT2D eigenvalue weighted by atomic mass is 14.0. The molecular weight excluding hydrogens is 264 g/mol. The molecular formula is C22H28. The Morgan fingerprint density at radius 3 is 1.86 bits per heavy atom. The molecule has 0 atom stereocenters. The van der Waals surface area contributed by atoms with Crippen LogP contribution in [0.3, 0.4) is 0 Å². The fourth-order valence-corrected chi connectivity index (χ4v) is 2.23. The van der Waals surface area contributed by atoms with Crippen LogP contribution in [0.1, 0.15) is 38.3 Å². The number of allylic oxidation sites excluding steroid dienone is 3. The summed E-state index contributed by atoms with van der Waals surface area (Å²) in [5.41, 5.74) is 7.99. The van der Waals surface area contributed by atoms with Crippen LogP contribution in [-0.4, -0.2) is 0 Å². The largest absolute Gasteiger partial charge is 0.0988 e. The summed E-state index contributed by atoms with van der Waals surface area (Å²) in [7, 11) is 0. The smallest absolute Gasteiger partial charge is 0.0179 e. The van der Waals surface area contributed by atoms with Crippen molar-refractivity contribution in [3.8, 4) is 11.1 Å². The lowest BCUT2D eigenvalue weighted by Gasteiger charge is -2.04. The van der Waals surface area contributed by atoms with Gasteiger partial charge in [0, 0.05) is 0 Å². The van der Waals surface area contributed by atoms with Crippen molar-refractivity contribution >= 4 is 0 Å². The van der Waals surface area contributed by atoms with Gasteiger partial charge >= 0.3 is 0 Å². The third-order valence-corrected chi connectivity index (χ3v) is 3.84. The van der Waals surface area contributed by atoms with E-state index in [4.69, 9.17) is 0 Å². The Kier molecular flexibility index (Phi) is 7.39. The van der Waals surface area contributed by atoms with E-state index in [9.17, 15) is 0 Å². The lowest BCUT2D eigenvalue weighted by molar-refractivity contribution is 1.07. The topological polar surface area (TPSA) is 0 Å². The fourth-order valence-electron chi connectivity index (χ4n) is 2.23. The average molecular weight is 292 g/mol. The molecule has 0 saturated carbocycles. The normalized spacial score (nSPS) is 11.1. The van der Waals surface area contributed by atoms with Crippen molar-refractivity contribution in [1.29, 1.82) is 0 Å². The number of rotatable bonds is 3. The van der Waals surface area contributed by atoms with E-state index in [1.807, 2.05) is 12.1 Å². The van der Waals surface area contributed by atoms with Gasteiger partial charge < -0.3 is 0 Å². The standard InChI is InChI=1S/C14H14.C8H14/c1-11-8-12(2)10-14(9-11)13-6-4-3-5-7-13;1-5-7(3)8(4)6-2/h3-10H,1-2H3;5H,1,6H2,2-4H3/b;8-7-. The van der Waals surface area contributed by atoms with E-state index in [0.717, 1.165) is 6.42 Å². The van der Waals surface area contributed by atoms with Crippen LogP contribution >= 0.6 is 0 Å². The van der Waals surface area contributed by atoms with E-state index >= 15 is 0 Å². The SMILES string of the molecule is C=C/C(C)=C(/C)CC.Cc1cc(C)cc(-c2ccccc2)c1. The summed E-state index contributed by atoms with van der Waals surface area (Å²) in [6.45, 7) is 14.3. The minimum absolute atomic E-state index is 1.14. The van der Waals surface area contributed by atoms with Gasteiger partial charge in [-0.15, -0.1) is 0 Å². The van der Waals surface area contributed by atoms with Crippen LogP contribution < -0.4 is 0 Å². The molecule has 2 aromatic carbocycles. The molecule has 0 spiro atoms. The third-order valence-electron chi connectivity index (χ3n) is 3.84. The molecule has 2 rings (SSSR count). The molecule has 0 heterocycles. The van der Waals surface area contributed by atoms with Crippen LogP contribution in [-0.2, 0) is 0 Å². The lowest BCUT2D eigenvalue weighted by Crippen LogP contribution is -1.81. The van der Waals surface area contributed by atoms with Crippen molar-refractivity contribution in [2.45, 2.75) is 41.0 Å². The monoisotopic (exact) mass is 292 g/mol. The molecule has 0 saturated heterocycles. The summed E-state index contributed by atoms with van der Waals surface area (Å²) in [5, 5.41) is 0. The Hall–Kier alpha value is -2.08. The Bertz CT molecular complexity index is 610. The first-order chi connectivity index (χ1) is 10.5. The predicted molar refractivity (Wildman–Crippen MR) is 100 cm³/mol. The molecule has 0 aliphatic rings. The Labute approximate surface area is 136 Å². The maximum atomic E-state index is 3.67. The molecule has 0 aliphatic carbocycles.